The van der Waals surface area contributed by atoms with Gasteiger partial charge in [0.25, 0.3) is 0 Å². The normalized spacial score (nSPS) is 12.7. The van der Waals surface area contributed by atoms with Gasteiger partial charge < -0.3 is 14.2 Å². The Kier molecular flexibility index (Phi) is 54.3. The zero-order valence-electron chi connectivity index (χ0n) is 45.3. The van der Waals surface area contributed by atoms with Crippen LogP contribution in [0.3, 0.4) is 0 Å². The fourth-order valence-electron chi connectivity index (χ4n) is 8.07. The molecule has 0 heterocycles. The summed E-state index contributed by atoms with van der Waals surface area (Å²) in [5, 5.41) is 0. The average molecular weight is 962 g/mol. The fraction of sp³-hybridized carbons (Fsp3) is 0.730. The Hall–Kier alpha value is -3.41. The van der Waals surface area contributed by atoms with Crippen molar-refractivity contribution < 1.29 is 28.6 Å². The maximum Gasteiger partial charge on any atom is 0.306 e. The van der Waals surface area contributed by atoms with Gasteiger partial charge in [0.1, 0.15) is 13.2 Å². The number of ether oxygens (including phenoxy) is 3. The monoisotopic (exact) mass is 961 g/mol. The van der Waals surface area contributed by atoms with Crippen LogP contribution in [0.15, 0.2) is 85.1 Å². The summed E-state index contributed by atoms with van der Waals surface area (Å²) in [7, 11) is 0. The molecule has 0 spiro atoms. The first-order valence-corrected chi connectivity index (χ1v) is 29.1. The standard InChI is InChI=1S/C63H108O6/c1-4-7-10-13-16-18-20-22-24-26-28-29-30-31-32-33-34-35-36-38-39-41-43-45-47-50-53-56-62(65)68-59-60(58-67-61(64)55-52-49-15-12-9-6-3)69-63(66)57-54-51-48-46-44-42-40-37-27-25-23-21-19-17-14-11-8-5-2/h7,10,16,18,22,24,28-29,31-32,34-35,38-39,60H,4-6,8-9,11-15,17,19-21,23,25-27,30,33,36-37,40-59H2,1-3H3/b10-7-,18-16-,24-22-,29-28-,32-31-,35-34-,39-38-. The smallest absolute Gasteiger partial charge is 0.306 e. The molecule has 0 N–H and O–H groups in total. The Morgan fingerprint density at radius 2 is 0.565 bits per heavy atom. The Labute approximate surface area is 426 Å². The van der Waals surface area contributed by atoms with Crippen molar-refractivity contribution in [2.75, 3.05) is 13.2 Å². The van der Waals surface area contributed by atoms with Gasteiger partial charge in [-0.05, 0) is 77.0 Å². The van der Waals surface area contributed by atoms with Gasteiger partial charge in [-0.3, -0.25) is 14.4 Å². The van der Waals surface area contributed by atoms with Crippen LogP contribution in [0, 0.1) is 0 Å². The molecule has 0 saturated carbocycles. The summed E-state index contributed by atoms with van der Waals surface area (Å²) in [6.07, 6.45) is 74.6. The molecule has 0 bridgehead atoms. The molecular formula is C63H108O6. The van der Waals surface area contributed by atoms with Crippen molar-refractivity contribution in [3.8, 4) is 0 Å². The number of carbonyl (C=O) groups is 3. The number of unbranched alkanes of at least 4 members (excludes halogenated alkanes) is 27. The highest BCUT2D eigenvalue weighted by molar-refractivity contribution is 5.71. The van der Waals surface area contributed by atoms with E-state index in [2.05, 4.69) is 106 Å². The third-order valence-electron chi connectivity index (χ3n) is 12.4. The highest BCUT2D eigenvalue weighted by Crippen LogP contribution is 2.16. The van der Waals surface area contributed by atoms with E-state index in [4.69, 9.17) is 14.2 Å². The summed E-state index contributed by atoms with van der Waals surface area (Å²) in [5.41, 5.74) is 0. The predicted octanol–water partition coefficient (Wildman–Crippen LogP) is 19.5. The van der Waals surface area contributed by atoms with Crippen LogP contribution in [0.25, 0.3) is 0 Å². The molecule has 0 saturated heterocycles. The molecule has 0 aromatic rings. The predicted molar refractivity (Wildman–Crippen MR) is 297 cm³/mol. The number of carbonyl (C=O) groups excluding carboxylic acids is 3. The summed E-state index contributed by atoms with van der Waals surface area (Å²) in [4.78, 5) is 37.9. The summed E-state index contributed by atoms with van der Waals surface area (Å²) in [5.74, 6) is -0.903. The summed E-state index contributed by atoms with van der Waals surface area (Å²) < 4.78 is 16.8. The summed E-state index contributed by atoms with van der Waals surface area (Å²) in [6, 6.07) is 0. The lowest BCUT2D eigenvalue weighted by Crippen LogP contribution is -2.30. The van der Waals surface area contributed by atoms with Crippen molar-refractivity contribution >= 4 is 17.9 Å². The average Bonchev–Trinajstić information content (AvgIpc) is 3.35. The lowest BCUT2D eigenvalue weighted by Gasteiger charge is -2.18. The van der Waals surface area contributed by atoms with Gasteiger partial charge in [0.05, 0.1) is 0 Å². The molecular weight excluding hydrogens is 853 g/mol. The zero-order valence-corrected chi connectivity index (χ0v) is 45.3. The zero-order chi connectivity index (χ0) is 50.0. The number of esters is 3. The lowest BCUT2D eigenvalue weighted by atomic mass is 10.0. The first-order valence-electron chi connectivity index (χ1n) is 29.1. The van der Waals surface area contributed by atoms with Gasteiger partial charge in [0.15, 0.2) is 6.10 Å². The van der Waals surface area contributed by atoms with Crippen molar-refractivity contribution in [1.82, 2.24) is 0 Å². The Bertz CT molecular complexity index is 1330. The molecule has 0 aliphatic rings. The molecule has 0 amide bonds. The number of hydrogen-bond acceptors (Lipinski definition) is 6. The maximum absolute atomic E-state index is 12.8. The second kappa shape index (κ2) is 57.2. The van der Waals surface area contributed by atoms with E-state index in [1.54, 1.807) is 0 Å². The lowest BCUT2D eigenvalue weighted by molar-refractivity contribution is -0.167. The van der Waals surface area contributed by atoms with Crippen molar-refractivity contribution in [2.45, 2.75) is 284 Å². The van der Waals surface area contributed by atoms with Crippen LogP contribution in [-0.2, 0) is 28.6 Å². The molecule has 0 radical (unpaired) electrons. The van der Waals surface area contributed by atoms with E-state index in [0.717, 1.165) is 122 Å². The largest absolute Gasteiger partial charge is 0.462 e. The molecule has 1 atom stereocenters. The van der Waals surface area contributed by atoms with E-state index >= 15 is 0 Å². The quantitative estimate of drug-likeness (QED) is 0.0262. The van der Waals surface area contributed by atoms with E-state index in [0.29, 0.717) is 19.3 Å². The van der Waals surface area contributed by atoms with Gasteiger partial charge in [-0.25, -0.2) is 0 Å². The van der Waals surface area contributed by atoms with Crippen molar-refractivity contribution in [3.63, 3.8) is 0 Å². The first kappa shape index (κ1) is 65.6. The second-order valence-corrected chi connectivity index (χ2v) is 19.2. The van der Waals surface area contributed by atoms with Crippen LogP contribution in [0.1, 0.15) is 278 Å². The SMILES string of the molecule is CC/C=C\C/C=C\C/C=C\C/C=C\C/C=C\C/C=C\C/C=C\CCCCCCCC(=O)OCC(COC(=O)CCCCCCCC)OC(=O)CCCCCCCCCCCCCCCCCCCC. The highest BCUT2D eigenvalue weighted by Gasteiger charge is 2.19. The van der Waals surface area contributed by atoms with Crippen LogP contribution in [0.4, 0.5) is 0 Å². The van der Waals surface area contributed by atoms with Crippen LogP contribution >= 0.6 is 0 Å². The molecule has 6 nitrogen and oxygen atoms in total. The minimum absolute atomic E-state index is 0.0807. The third-order valence-corrected chi connectivity index (χ3v) is 12.4. The van der Waals surface area contributed by atoms with Gasteiger partial charge in [-0.2, -0.15) is 0 Å². The van der Waals surface area contributed by atoms with Crippen molar-refractivity contribution in [2.24, 2.45) is 0 Å². The summed E-state index contributed by atoms with van der Waals surface area (Å²) in [6.45, 7) is 6.47. The van der Waals surface area contributed by atoms with E-state index in [1.165, 1.54) is 116 Å². The maximum atomic E-state index is 12.8. The van der Waals surface area contributed by atoms with E-state index < -0.39 is 6.10 Å². The molecule has 0 fully saturated rings. The van der Waals surface area contributed by atoms with E-state index in [1.807, 2.05) is 0 Å². The first-order chi connectivity index (χ1) is 34.0. The van der Waals surface area contributed by atoms with Gasteiger partial charge in [0, 0.05) is 19.3 Å². The highest BCUT2D eigenvalue weighted by atomic mass is 16.6. The Balaban J connectivity index is 4.18. The third kappa shape index (κ3) is 55.4. The molecule has 0 rings (SSSR count). The minimum atomic E-state index is -0.780. The number of allylic oxidation sites excluding steroid dienone is 14. The molecule has 0 aliphatic carbocycles. The molecule has 1 unspecified atom stereocenters. The van der Waals surface area contributed by atoms with Crippen molar-refractivity contribution in [3.05, 3.63) is 85.1 Å². The van der Waals surface area contributed by atoms with Gasteiger partial charge in [-0.15, -0.1) is 0 Å². The second-order valence-electron chi connectivity index (χ2n) is 19.2. The van der Waals surface area contributed by atoms with E-state index in [9.17, 15) is 14.4 Å². The number of hydrogen-bond donors (Lipinski definition) is 0. The fourth-order valence-corrected chi connectivity index (χ4v) is 8.07. The topological polar surface area (TPSA) is 78.9 Å². The Morgan fingerprint density at radius 3 is 0.884 bits per heavy atom. The van der Waals surface area contributed by atoms with Crippen LogP contribution in [0.5, 0.6) is 0 Å². The van der Waals surface area contributed by atoms with Crippen LogP contribution in [-0.4, -0.2) is 37.2 Å². The molecule has 0 aliphatic heterocycles. The van der Waals surface area contributed by atoms with Crippen LogP contribution < -0.4 is 0 Å². The molecule has 0 aromatic carbocycles. The molecule has 396 valence electrons. The minimum Gasteiger partial charge on any atom is -0.462 e. The molecule has 0 aromatic heterocycles. The molecule has 69 heavy (non-hydrogen) atoms. The summed E-state index contributed by atoms with van der Waals surface area (Å²) >= 11 is 0. The molecule has 6 heteroatoms. The van der Waals surface area contributed by atoms with Gasteiger partial charge >= 0.3 is 17.9 Å². The van der Waals surface area contributed by atoms with Gasteiger partial charge in [0.2, 0.25) is 0 Å². The van der Waals surface area contributed by atoms with Gasteiger partial charge in [-0.1, -0.05) is 266 Å². The van der Waals surface area contributed by atoms with Crippen LogP contribution in [0.2, 0.25) is 0 Å². The van der Waals surface area contributed by atoms with Crippen molar-refractivity contribution in [1.29, 1.82) is 0 Å². The Morgan fingerprint density at radius 1 is 0.304 bits per heavy atom. The van der Waals surface area contributed by atoms with E-state index in [-0.39, 0.29) is 31.1 Å². The number of rotatable bonds is 52.